The summed E-state index contributed by atoms with van der Waals surface area (Å²) in [4.78, 5) is 7.55. The van der Waals surface area contributed by atoms with Gasteiger partial charge in [0.25, 0.3) is 6.71 Å². The highest BCUT2D eigenvalue weighted by molar-refractivity contribution is 7.00. The van der Waals surface area contributed by atoms with Crippen LogP contribution in [-0.4, -0.2) is 16.3 Å². The molecule has 0 fully saturated rings. The van der Waals surface area contributed by atoms with E-state index in [1.165, 1.54) is 83.2 Å². The van der Waals surface area contributed by atoms with E-state index in [0.717, 1.165) is 22.0 Å². The summed E-state index contributed by atoms with van der Waals surface area (Å²) >= 11 is 0. The fourth-order valence-corrected chi connectivity index (χ4v) is 9.69. The predicted octanol–water partition coefficient (Wildman–Crippen LogP) is 12.8. The van der Waals surface area contributed by atoms with Gasteiger partial charge in [-0.3, -0.25) is 4.98 Å². The minimum absolute atomic E-state index is 0.0141. The molecule has 6 aromatic carbocycles. The number of fused-ring (bicyclic) bond motifs is 8. The quantitative estimate of drug-likeness (QED) is 0.163. The van der Waals surface area contributed by atoms with Gasteiger partial charge in [-0.15, -0.1) is 0 Å². The number of rotatable bonds is 2. The van der Waals surface area contributed by atoms with Crippen LogP contribution in [0, 0.1) is 0 Å². The number of pyridine rings is 1. The minimum atomic E-state index is -0.0393. The van der Waals surface area contributed by atoms with Crippen LogP contribution in [0.1, 0.15) is 105 Å². The molecule has 4 heterocycles. The molecule has 2 aliphatic rings. The van der Waals surface area contributed by atoms with Gasteiger partial charge in [0.05, 0.1) is 11.0 Å². The Morgan fingerprint density at radius 3 is 1.76 bits per heavy atom. The fraction of sp³-hybridized carbons (Fsp3) is 0.291. The lowest BCUT2D eigenvalue weighted by atomic mass is 9.33. The molecule has 2 aromatic heterocycles. The summed E-state index contributed by atoms with van der Waals surface area (Å²) in [6.45, 7) is 28.0. The maximum atomic E-state index is 4.99. The van der Waals surface area contributed by atoms with Crippen LogP contribution < -0.4 is 21.3 Å². The Kier molecular flexibility index (Phi) is 7.95. The molecule has 0 spiro atoms. The molecule has 4 heteroatoms. The average Bonchev–Trinajstić information content (AvgIpc) is 3.51. The monoisotopic (exact) mass is 769 g/mol. The molecule has 2 aliphatic heterocycles. The van der Waals surface area contributed by atoms with Crippen molar-refractivity contribution in [1.82, 2.24) is 9.55 Å². The van der Waals surface area contributed by atoms with Crippen LogP contribution in [0.4, 0.5) is 17.1 Å². The highest BCUT2D eigenvalue weighted by Gasteiger charge is 2.43. The molecule has 10 rings (SSSR count). The Morgan fingerprint density at radius 1 is 0.475 bits per heavy atom. The van der Waals surface area contributed by atoms with Crippen molar-refractivity contribution < 1.29 is 0 Å². The third-order valence-electron chi connectivity index (χ3n) is 13.2. The molecule has 0 aliphatic carbocycles. The summed E-state index contributed by atoms with van der Waals surface area (Å²) in [6, 6.07) is 44.6. The van der Waals surface area contributed by atoms with Gasteiger partial charge in [-0.1, -0.05) is 138 Å². The van der Waals surface area contributed by atoms with Crippen molar-refractivity contribution in [2.45, 2.75) is 105 Å². The SMILES string of the molecule is CC(C)(C)c1ccc(N2c3ccc(C(C)(C)C)cc3B3c4c2cc(-c2cnc5ccccc5c2)cc4-n2c4ccc(C(C)(C)C)cc4c4cc(C(C)(C)C)cc3c42)cc1. The second-order valence-corrected chi connectivity index (χ2v) is 21.5. The van der Waals surface area contributed by atoms with Crippen molar-refractivity contribution in [2.75, 3.05) is 4.90 Å². The molecule has 0 saturated carbocycles. The highest BCUT2D eigenvalue weighted by atomic mass is 15.2. The van der Waals surface area contributed by atoms with E-state index in [2.05, 4.69) is 214 Å². The molecular weight excluding hydrogens is 713 g/mol. The standard InChI is InChI=1S/C55H56BN3/c1-52(2,3)36-17-21-40(22-18-36)58-47-24-20-38(54(7,8)9)30-43(47)56-44-31-39(55(10,11)12)29-42-41-28-37(53(4,5)6)19-23-46(41)59(51(42)44)49-27-34(26-48(58)50(49)56)35-25-33-15-13-14-16-45(33)57-32-35/h13-32H,1-12H3. The topological polar surface area (TPSA) is 21.1 Å². The second kappa shape index (κ2) is 12.5. The first-order valence-corrected chi connectivity index (χ1v) is 21.5. The lowest BCUT2D eigenvalue weighted by molar-refractivity contribution is 0.590. The van der Waals surface area contributed by atoms with Crippen molar-refractivity contribution in [3.05, 3.63) is 144 Å². The first-order valence-electron chi connectivity index (χ1n) is 21.5. The van der Waals surface area contributed by atoms with Crippen molar-refractivity contribution in [1.29, 1.82) is 0 Å². The normalized spacial score (nSPS) is 14.0. The summed E-state index contributed by atoms with van der Waals surface area (Å²) in [5.74, 6) is 0. The van der Waals surface area contributed by atoms with E-state index in [-0.39, 0.29) is 28.4 Å². The third kappa shape index (κ3) is 5.88. The van der Waals surface area contributed by atoms with Gasteiger partial charge in [0.2, 0.25) is 0 Å². The van der Waals surface area contributed by atoms with E-state index in [1.54, 1.807) is 0 Å². The predicted molar refractivity (Wildman–Crippen MR) is 256 cm³/mol. The summed E-state index contributed by atoms with van der Waals surface area (Å²) in [7, 11) is 0. The third-order valence-corrected chi connectivity index (χ3v) is 13.2. The minimum Gasteiger partial charge on any atom is -0.311 e. The largest absolute Gasteiger partial charge is 0.311 e. The van der Waals surface area contributed by atoms with Crippen LogP contribution >= 0.6 is 0 Å². The maximum absolute atomic E-state index is 4.99. The van der Waals surface area contributed by atoms with Crippen LogP contribution in [0.2, 0.25) is 0 Å². The fourth-order valence-electron chi connectivity index (χ4n) is 9.69. The van der Waals surface area contributed by atoms with E-state index in [4.69, 9.17) is 4.98 Å². The Hall–Kier alpha value is -5.61. The van der Waals surface area contributed by atoms with Gasteiger partial charge in [-0.2, -0.15) is 0 Å². The molecule has 0 radical (unpaired) electrons. The summed E-state index contributed by atoms with van der Waals surface area (Å²) < 4.78 is 2.62. The summed E-state index contributed by atoms with van der Waals surface area (Å²) in [5.41, 5.74) is 20.3. The lowest BCUT2D eigenvalue weighted by Crippen LogP contribution is -2.60. The lowest BCUT2D eigenvalue weighted by Gasteiger charge is -2.41. The Bertz CT molecular complexity index is 3030. The zero-order valence-electron chi connectivity index (χ0n) is 37.0. The molecule has 0 N–H and O–H groups in total. The number of nitrogens with zero attached hydrogens (tertiary/aromatic N) is 3. The summed E-state index contributed by atoms with van der Waals surface area (Å²) in [5, 5.41) is 3.81. The number of para-hydroxylation sites is 1. The Morgan fingerprint density at radius 2 is 1.07 bits per heavy atom. The van der Waals surface area contributed by atoms with E-state index >= 15 is 0 Å². The van der Waals surface area contributed by atoms with Gasteiger partial charge in [-0.05, 0) is 127 Å². The van der Waals surface area contributed by atoms with Crippen LogP contribution in [0.25, 0.3) is 49.5 Å². The maximum Gasteiger partial charge on any atom is 0.252 e. The van der Waals surface area contributed by atoms with Crippen molar-refractivity contribution in [3.63, 3.8) is 0 Å². The molecule has 0 amide bonds. The molecule has 0 bridgehead atoms. The Balaban J connectivity index is 1.38. The molecular formula is C55H56BN3. The van der Waals surface area contributed by atoms with Gasteiger partial charge in [-0.25, -0.2) is 0 Å². The Labute approximate surface area is 351 Å². The van der Waals surface area contributed by atoms with E-state index in [9.17, 15) is 0 Å². The number of anilines is 3. The average molecular weight is 770 g/mol. The molecule has 0 saturated heterocycles. The van der Waals surface area contributed by atoms with E-state index < -0.39 is 0 Å². The number of benzene rings is 6. The van der Waals surface area contributed by atoms with E-state index in [0.29, 0.717) is 0 Å². The van der Waals surface area contributed by atoms with Crippen molar-refractivity contribution in [2.24, 2.45) is 0 Å². The van der Waals surface area contributed by atoms with Gasteiger partial charge in [0, 0.05) is 56.2 Å². The molecule has 8 aromatic rings. The second-order valence-electron chi connectivity index (χ2n) is 21.5. The van der Waals surface area contributed by atoms with Crippen molar-refractivity contribution >= 4 is 72.9 Å². The zero-order valence-corrected chi connectivity index (χ0v) is 37.0. The first-order chi connectivity index (χ1) is 27.8. The summed E-state index contributed by atoms with van der Waals surface area (Å²) in [6.07, 6.45) is 2.06. The number of hydrogen-bond acceptors (Lipinski definition) is 2. The van der Waals surface area contributed by atoms with Crippen molar-refractivity contribution in [3.8, 4) is 16.8 Å². The van der Waals surface area contributed by atoms with Crippen LogP contribution in [0.15, 0.2) is 121 Å². The molecule has 3 nitrogen and oxygen atoms in total. The molecule has 0 unspecified atom stereocenters. The number of aromatic nitrogens is 2. The van der Waals surface area contributed by atoms with Gasteiger partial charge < -0.3 is 9.47 Å². The van der Waals surface area contributed by atoms with Crippen LogP contribution in [-0.2, 0) is 21.7 Å². The number of hydrogen-bond donors (Lipinski definition) is 0. The zero-order chi connectivity index (χ0) is 41.6. The van der Waals surface area contributed by atoms with Crippen LogP contribution in [0.3, 0.4) is 0 Å². The molecule has 0 atom stereocenters. The smallest absolute Gasteiger partial charge is 0.252 e. The van der Waals surface area contributed by atoms with Gasteiger partial charge in [0.15, 0.2) is 0 Å². The molecule has 294 valence electrons. The van der Waals surface area contributed by atoms with E-state index in [1.807, 2.05) is 0 Å². The van der Waals surface area contributed by atoms with Gasteiger partial charge >= 0.3 is 0 Å². The first kappa shape index (κ1) is 37.7. The van der Waals surface area contributed by atoms with Gasteiger partial charge in [0.1, 0.15) is 0 Å². The molecule has 59 heavy (non-hydrogen) atoms. The van der Waals surface area contributed by atoms with Crippen LogP contribution in [0.5, 0.6) is 0 Å². The highest BCUT2D eigenvalue weighted by Crippen LogP contribution is 2.45.